The van der Waals surface area contributed by atoms with E-state index in [1.54, 1.807) is 11.3 Å². The normalized spacial score (nSPS) is 11.7. The Balaban J connectivity index is 1.94. The van der Waals surface area contributed by atoms with Crippen LogP contribution in [0.15, 0.2) is 65.2 Å². The van der Waals surface area contributed by atoms with E-state index in [1.165, 1.54) is 20.3 Å². The Kier molecular flexibility index (Phi) is 2.61. The molecule has 0 bridgehead atoms. The number of fused-ring (bicyclic) bond motifs is 5. The summed E-state index contributed by atoms with van der Waals surface area (Å²) >= 11 is 1.81. The lowest BCUT2D eigenvalue weighted by Crippen LogP contribution is -1.81. The predicted octanol–water partition coefficient (Wildman–Crippen LogP) is 6.17. The van der Waals surface area contributed by atoms with Crippen molar-refractivity contribution in [1.82, 2.24) is 4.98 Å². The van der Waals surface area contributed by atoms with Gasteiger partial charge in [0.15, 0.2) is 0 Å². The Morgan fingerprint density at radius 2 is 1.78 bits per heavy atom. The molecule has 23 heavy (non-hydrogen) atoms. The highest BCUT2D eigenvalue weighted by Gasteiger charge is 2.15. The van der Waals surface area contributed by atoms with Crippen LogP contribution in [0.1, 0.15) is 4.88 Å². The first-order valence-corrected chi connectivity index (χ1v) is 8.39. The van der Waals surface area contributed by atoms with Gasteiger partial charge in [-0.25, -0.2) is 0 Å². The predicted molar refractivity (Wildman–Crippen MR) is 97.1 cm³/mol. The molecule has 110 valence electrons. The van der Waals surface area contributed by atoms with E-state index in [2.05, 4.69) is 48.3 Å². The number of nitrogens with zero attached hydrogens (tertiary/aromatic N) is 1. The molecule has 0 saturated carbocycles. The van der Waals surface area contributed by atoms with Crippen molar-refractivity contribution in [2.75, 3.05) is 0 Å². The molecular weight excluding hydrogens is 302 g/mol. The van der Waals surface area contributed by atoms with Gasteiger partial charge in [0.1, 0.15) is 11.2 Å². The lowest BCUT2D eigenvalue weighted by atomic mass is 10.1. The van der Waals surface area contributed by atoms with Gasteiger partial charge in [-0.2, -0.15) is 0 Å². The minimum absolute atomic E-state index is 0.914. The highest BCUT2D eigenvalue weighted by atomic mass is 32.1. The molecule has 0 atom stereocenters. The van der Waals surface area contributed by atoms with Crippen molar-refractivity contribution in [3.05, 3.63) is 65.7 Å². The van der Waals surface area contributed by atoms with Gasteiger partial charge in [-0.05, 0) is 43.3 Å². The van der Waals surface area contributed by atoms with E-state index in [1.807, 2.05) is 24.4 Å². The summed E-state index contributed by atoms with van der Waals surface area (Å²) in [7, 11) is 0. The highest BCUT2D eigenvalue weighted by Crippen LogP contribution is 2.40. The molecule has 0 fully saturated rings. The zero-order valence-corrected chi connectivity index (χ0v) is 13.4. The molecule has 2 aromatic carbocycles. The average Bonchev–Trinajstić information content (AvgIpc) is 3.14. The summed E-state index contributed by atoms with van der Waals surface area (Å²) in [5.74, 6) is 0. The molecule has 0 N–H and O–H groups in total. The minimum atomic E-state index is 0.914. The molecule has 0 aliphatic carbocycles. The second-order valence-electron chi connectivity index (χ2n) is 5.71. The Hall–Kier alpha value is -2.65. The molecule has 0 amide bonds. The van der Waals surface area contributed by atoms with Gasteiger partial charge in [0.25, 0.3) is 0 Å². The summed E-state index contributed by atoms with van der Waals surface area (Å²) in [6, 6.07) is 18.8. The smallest absolute Gasteiger partial charge is 0.144 e. The molecule has 3 aromatic heterocycles. The number of pyridine rings is 1. The molecule has 2 nitrogen and oxygen atoms in total. The van der Waals surface area contributed by atoms with Crippen LogP contribution in [0.3, 0.4) is 0 Å². The first-order chi connectivity index (χ1) is 11.3. The van der Waals surface area contributed by atoms with Crippen molar-refractivity contribution >= 4 is 43.4 Å². The number of thiophene rings is 1. The molecular formula is C20H13NOS. The fraction of sp³-hybridized carbons (Fsp3) is 0.0500. The molecule has 0 radical (unpaired) electrons. The summed E-state index contributed by atoms with van der Waals surface area (Å²) in [5, 5.41) is 3.52. The number of aromatic nitrogens is 1. The lowest BCUT2D eigenvalue weighted by Gasteiger charge is -2.00. The van der Waals surface area contributed by atoms with Crippen LogP contribution in [0, 0.1) is 6.92 Å². The molecule has 0 unspecified atom stereocenters. The third kappa shape index (κ3) is 1.83. The van der Waals surface area contributed by atoms with Crippen LogP contribution >= 0.6 is 11.3 Å². The second-order valence-corrected chi connectivity index (χ2v) is 7.00. The fourth-order valence-corrected chi connectivity index (χ4v) is 4.14. The quantitative estimate of drug-likeness (QED) is 0.369. The summed E-state index contributed by atoms with van der Waals surface area (Å²) in [6.45, 7) is 2.14. The zero-order valence-electron chi connectivity index (χ0n) is 12.5. The maximum atomic E-state index is 6.33. The van der Waals surface area contributed by atoms with Gasteiger partial charge in [-0.3, -0.25) is 4.98 Å². The Morgan fingerprint density at radius 3 is 2.65 bits per heavy atom. The Bertz CT molecular complexity index is 1170. The van der Waals surface area contributed by atoms with Crippen LogP contribution < -0.4 is 0 Å². The van der Waals surface area contributed by atoms with Crippen molar-refractivity contribution < 1.29 is 4.42 Å². The number of benzene rings is 2. The van der Waals surface area contributed by atoms with Gasteiger partial charge < -0.3 is 4.42 Å². The summed E-state index contributed by atoms with van der Waals surface area (Å²) in [4.78, 5) is 5.78. The highest BCUT2D eigenvalue weighted by molar-refractivity contribution is 7.19. The van der Waals surface area contributed by atoms with Crippen LogP contribution in [-0.4, -0.2) is 4.98 Å². The van der Waals surface area contributed by atoms with Crippen LogP contribution in [0.4, 0.5) is 0 Å². The third-order valence-corrected chi connectivity index (χ3v) is 5.24. The molecule has 3 heterocycles. The summed E-state index contributed by atoms with van der Waals surface area (Å²) in [5.41, 5.74) is 3.87. The van der Waals surface area contributed by atoms with Crippen molar-refractivity contribution in [3.63, 3.8) is 0 Å². The Morgan fingerprint density at radius 1 is 0.870 bits per heavy atom. The maximum absolute atomic E-state index is 6.33. The van der Waals surface area contributed by atoms with Gasteiger partial charge in [0, 0.05) is 37.5 Å². The standard InChI is InChI=1S/C20H13NOS/c1-12-11-16-18(23-12)9-8-14-13-5-4-6-15(19(13)22-20(14)16)17-7-2-3-10-21-17/h2-11H,1H3. The van der Waals surface area contributed by atoms with E-state index in [0.717, 1.165) is 27.8 Å². The van der Waals surface area contributed by atoms with Crippen LogP contribution in [0.25, 0.3) is 43.3 Å². The molecule has 3 heteroatoms. The van der Waals surface area contributed by atoms with Gasteiger partial charge in [0.05, 0.1) is 5.69 Å². The van der Waals surface area contributed by atoms with E-state index >= 15 is 0 Å². The molecule has 0 aliphatic rings. The number of hydrogen-bond acceptors (Lipinski definition) is 3. The number of hydrogen-bond donors (Lipinski definition) is 0. The van der Waals surface area contributed by atoms with E-state index < -0.39 is 0 Å². The van der Waals surface area contributed by atoms with Crippen LogP contribution in [-0.2, 0) is 0 Å². The summed E-state index contributed by atoms with van der Waals surface area (Å²) < 4.78 is 7.60. The van der Waals surface area contributed by atoms with E-state index in [0.29, 0.717) is 0 Å². The molecule has 0 aliphatic heterocycles. The first kappa shape index (κ1) is 12.9. The van der Waals surface area contributed by atoms with Gasteiger partial charge in [0.2, 0.25) is 0 Å². The SMILES string of the molecule is Cc1cc2c(ccc3c4cccc(-c5ccccn5)c4oc23)s1. The van der Waals surface area contributed by atoms with Gasteiger partial charge >= 0.3 is 0 Å². The van der Waals surface area contributed by atoms with Gasteiger partial charge in [-0.15, -0.1) is 11.3 Å². The molecule has 5 rings (SSSR count). The second kappa shape index (κ2) is 4.67. The van der Waals surface area contributed by atoms with Gasteiger partial charge in [-0.1, -0.05) is 18.2 Å². The number of aryl methyl sites for hydroxylation is 1. The van der Waals surface area contributed by atoms with Crippen molar-refractivity contribution in [2.24, 2.45) is 0 Å². The fourth-order valence-electron chi connectivity index (χ4n) is 3.22. The van der Waals surface area contributed by atoms with Crippen LogP contribution in [0.2, 0.25) is 0 Å². The van der Waals surface area contributed by atoms with Crippen molar-refractivity contribution in [3.8, 4) is 11.3 Å². The molecule has 5 aromatic rings. The molecule has 0 spiro atoms. The maximum Gasteiger partial charge on any atom is 0.144 e. The topological polar surface area (TPSA) is 26.0 Å². The number of para-hydroxylation sites is 1. The first-order valence-electron chi connectivity index (χ1n) is 7.57. The van der Waals surface area contributed by atoms with Crippen molar-refractivity contribution in [2.45, 2.75) is 6.92 Å². The third-order valence-electron chi connectivity index (χ3n) is 4.22. The largest absolute Gasteiger partial charge is 0.455 e. The number of furan rings is 1. The summed E-state index contributed by atoms with van der Waals surface area (Å²) in [6.07, 6.45) is 1.82. The lowest BCUT2D eigenvalue weighted by molar-refractivity contribution is 0.673. The van der Waals surface area contributed by atoms with Crippen molar-refractivity contribution in [1.29, 1.82) is 0 Å². The zero-order chi connectivity index (χ0) is 15.4. The Labute approximate surface area is 137 Å². The van der Waals surface area contributed by atoms with Crippen LogP contribution in [0.5, 0.6) is 0 Å². The van der Waals surface area contributed by atoms with E-state index in [-0.39, 0.29) is 0 Å². The number of rotatable bonds is 1. The average molecular weight is 315 g/mol. The monoisotopic (exact) mass is 315 g/mol. The molecule has 0 saturated heterocycles. The minimum Gasteiger partial charge on any atom is -0.455 e. The van der Waals surface area contributed by atoms with E-state index in [4.69, 9.17) is 4.42 Å². The van der Waals surface area contributed by atoms with E-state index in [9.17, 15) is 0 Å².